The highest BCUT2D eigenvalue weighted by atomic mass is 16.7. The highest BCUT2D eigenvalue weighted by Gasteiger charge is 2.16. The molecule has 0 radical (unpaired) electrons. The normalized spacial score (nSPS) is 12.1. The van der Waals surface area contributed by atoms with Crippen LogP contribution in [0.25, 0.3) is 0 Å². The number of nitrogens with one attached hydrogen (secondary N) is 1. The zero-order valence-electron chi connectivity index (χ0n) is 14.0. The molecule has 0 saturated carbocycles. The maximum absolute atomic E-state index is 12.5. The molecule has 3 rings (SSSR count). The molecule has 0 atom stereocenters. The molecule has 5 nitrogen and oxygen atoms in total. The first kappa shape index (κ1) is 16.2. The number of benzene rings is 2. The van der Waals surface area contributed by atoms with Gasteiger partial charge in [0.1, 0.15) is 0 Å². The van der Waals surface area contributed by atoms with E-state index in [2.05, 4.69) is 5.32 Å². The van der Waals surface area contributed by atoms with Crippen LogP contribution in [0.4, 0.5) is 4.79 Å². The van der Waals surface area contributed by atoms with Gasteiger partial charge in [-0.1, -0.05) is 30.3 Å². The Morgan fingerprint density at radius 2 is 1.96 bits per heavy atom. The lowest BCUT2D eigenvalue weighted by atomic mass is 10.1. The average Bonchev–Trinajstić information content (AvgIpc) is 3.06. The molecule has 2 amide bonds. The van der Waals surface area contributed by atoms with Crippen LogP contribution in [0.15, 0.2) is 42.5 Å². The molecule has 0 spiro atoms. The third-order valence-electron chi connectivity index (χ3n) is 4.17. The number of carbonyl (C=O) groups excluding carboxylic acids is 1. The first-order valence-electron chi connectivity index (χ1n) is 8.13. The second kappa shape index (κ2) is 7.25. The SMILES string of the molecule is CCN(Cc1ccc2c(c1)OCO2)C(=O)NCc1ccccc1C. The van der Waals surface area contributed by atoms with Crippen molar-refractivity contribution in [3.8, 4) is 11.5 Å². The van der Waals surface area contributed by atoms with Crippen molar-refractivity contribution in [1.82, 2.24) is 10.2 Å². The second-order valence-corrected chi connectivity index (χ2v) is 5.79. The quantitative estimate of drug-likeness (QED) is 0.915. The van der Waals surface area contributed by atoms with Crippen LogP contribution in [-0.4, -0.2) is 24.3 Å². The zero-order chi connectivity index (χ0) is 16.9. The van der Waals surface area contributed by atoms with E-state index in [4.69, 9.17) is 9.47 Å². The van der Waals surface area contributed by atoms with Crippen LogP contribution in [0.5, 0.6) is 11.5 Å². The molecule has 1 heterocycles. The molecular formula is C19H22N2O3. The molecule has 1 N–H and O–H groups in total. The van der Waals surface area contributed by atoms with Crippen LogP contribution in [0.1, 0.15) is 23.6 Å². The van der Waals surface area contributed by atoms with Gasteiger partial charge in [0, 0.05) is 19.6 Å². The summed E-state index contributed by atoms with van der Waals surface area (Å²) in [6.07, 6.45) is 0. The van der Waals surface area contributed by atoms with E-state index < -0.39 is 0 Å². The minimum absolute atomic E-state index is 0.0709. The van der Waals surface area contributed by atoms with E-state index in [1.807, 2.05) is 56.3 Å². The van der Waals surface area contributed by atoms with E-state index in [0.29, 0.717) is 19.6 Å². The van der Waals surface area contributed by atoms with Gasteiger partial charge >= 0.3 is 6.03 Å². The first-order valence-corrected chi connectivity index (χ1v) is 8.13. The van der Waals surface area contributed by atoms with Crippen LogP contribution < -0.4 is 14.8 Å². The van der Waals surface area contributed by atoms with Gasteiger partial charge in [-0.3, -0.25) is 0 Å². The fraction of sp³-hybridized carbons (Fsp3) is 0.316. The summed E-state index contributed by atoms with van der Waals surface area (Å²) in [7, 11) is 0. The summed E-state index contributed by atoms with van der Waals surface area (Å²) in [4.78, 5) is 14.2. The molecular weight excluding hydrogens is 304 g/mol. The Hall–Kier alpha value is -2.69. The fourth-order valence-electron chi connectivity index (χ4n) is 2.68. The lowest BCUT2D eigenvalue weighted by molar-refractivity contribution is 0.173. The molecule has 126 valence electrons. The third-order valence-corrected chi connectivity index (χ3v) is 4.17. The summed E-state index contributed by atoms with van der Waals surface area (Å²) in [5.41, 5.74) is 3.33. The minimum atomic E-state index is -0.0709. The van der Waals surface area contributed by atoms with Crippen LogP contribution >= 0.6 is 0 Å². The maximum atomic E-state index is 12.5. The van der Waals surface area contributed by atoms with E-state index in [9.17, 15) is 4.79 Å². The van der Waals surface area contributed by atoms with Crippen LogP contribution in [-0.2, 0) is 13.1 Å². The van der Waals surface area contributed by atoms with Gasteiger partial charge in [-0.05, 0) is 42.7 Å². The average molecular weight is 326 g/mol. The highest BCUT2D eigenvalue weighted by Crippen LogP contribution is 2.32. The van der Waals surface area contributed by atoms with Gasteiger partial charge in [-0.2, -0.15) is 0 Å². The Kier molecular flexibility index (Phi) is 4.89. The van der Waals surface area contributed by atoms with Crippen molar-refractivity contribution in [2.45, 2.75) is 26.9 Å². The van der Waals surface area contributed by atoms with Crippen LogP contribution in [0, 0.1) is 6.92 Å². The minimum Gasteiger partial charge on any atom is -0.454 e. The van der Waals surface area contributed by atoms with Crippen molar-refractivity contribution in [2.24, 2.45) is 0 Å². The van der Waals surface area contributed by atoms with Gasteiger partial charge in [0.05, 0.1) is 0 Å². The second-order valence-electron chi connectivity index (χ2n) is 5.79. The third kappa shape index (κ3) is 3.62. The lowest BCUT2D eigenvalue weighted by Crippen LogP contribution is -2.39. The predicted octanol–water partition coefficient (Wildman–Crippen LogP) is 3.46. The summed E-state index contributed by atoms with van der Waals surface area (Å²) in [5, 5.41) is 2.99. The number of fused-ring (bicyclic) bond motifs is 1. The zero-order valence-corrected chi connectivity index (χ0v) is 14.0. The molecule has 0 unspecified atom stereocenters. The standard InChI is InChI=1S/C19H22N2O3/c1-3-21(12-15-8-9-17-18(10-15)24-13-23-17)19(22)20-11-16-7-5-4-6-14(16)2/h4-10H,3,11-13H2,1-2H3,(H,20,22). The van der Waals surface area contributed by atoms with Crippen molar-refractivity contribution < 1.29 is 14.3 Å². The smallest absolute Gasteiger partial charge is 0.317 e. The summed E-state index contributed by atoms with van der Waals surface area (Å²) in [6.45, 7) is 5.98. The number of nitrogens with zero attached hydrogens (tertiary/aromatic N) is 1. The van der Waals surface area contributed by atoms with Crippen molar-refractivity contribution >= 4 is 6.03 Å². The van der Waals surface area contributed by atoms with Crippen LogP contribution in [0.3, 0.4) is 0 Å². The lowest BCUT2D eigenvalue weighted by Gasteiger charge is -2.22. The molecule has 1 aliphatic rings. The van der Waals surface area contributed by atoms with Crippen molar-refractivity contribution in [2.75, 3.05) is 13.3 Å². The molecule has 0 saturated heterocycles. The Bertz CT molecular complexity index is 730. The first-order chi connectivity index (χ1) is 11.7. The predicted molar refractivity (Wildman–Crippen MR) is 92.1 cm³/mol. The molecule has 0 aromatic heterocycles. The van der Waals surface area contributed by atoms with Gasteiger partial charge in [-0.15, -0.1) is 0 Å². The van der Waals surface area contributed by atoms with Gasteiger partial charge in [0.25, 0.3) is 0 Å². The van der Waals surface area contributed by atoms with Gasteiger partial charge < -0.3 is 19.7 Å². The number of urea groups is 1. The van der Waals surface area contributed by atoms with Gasteiger partial charge in [0.2, 0.25) is 6.79 Å². The molecule has 0 bridgehead atoms. The highest BCUT2D eigenvalue weighted by molar-refractivity contribution is 5.74. The number of hydrogen-bond acceptors (Lipinski definition) is 3. The van der Waals surface area contributed by atoms with E-state index >= 15 is 0 Å². The Morgan fingerprint density at radius 3 is 2.75 bits per heavy atom. The fourth-order valence-corrected chi connectivity index (χ4v) is 2.68. The Labute approximate surface area is 142 Å². The number of amides is 2. The number of carbonyl (C=O) groups is 1. The molecule has 2 aromatic rings. The van der Waals surface area contributed by atoms with Gasteiger partial charge in [0.15, 0.2) is 11.5 Å². The van der Waals surface area contributed by atoms with Crippen molar-refractivity contribution in [3.05, 3.63) is 59.2 Å². The molecule has 0 aliphatic carbocycles. The van der Waals surface area contributed by atoms with E-state index in [0.717, 1.165) is 22.6 Å². The van der Waals surface area contributed by atoms with Gasteiger partial charge in [-0.25, -0.2) is 4.79 Å². The number of aryl methyl sites for hydroxylation is 1. The Balaban J connectivity index is 1.61. The molecule has 5 heteroatoms. The molecule has 0 fully saturated rings. The molecule has 1 aliphatic heterocycles. The van der Waals surface area contributed by atoms with E-state index in [-0.39, 0.29) is 12.8 Å². The summed E-state index contributed by atoms with van der Waals surface area (Å²) >= 11 is 0. The maximum Gasteiger partial charge on any atom is 0.317 e. The topological polar surface area (TPSA) is 50.8 Å². The number of hydrogen-bond donors (Lipinski definition) is 1. The summed E-state index contributed by atoms with van der Waals surface area (Å²) in [6, 6.07) is 13.8. The van der Waals surface area contributed by atoms with E-state index in [1.165, 1.54) is 5.56 Å². The van der Waals surface area contributed by atoms with Crippen molar-refractivity contribution in [3.63, 3.8) is 0 Å². The summed E-state index contributed by atoms with van der Waals surface area (Å²) in [5.74, 6) is 1.50. The number of rotatable bonds is 5. The summed E-state index contributed by atoms with van der Waals surface area (Å²) < 4.78 is 10.7. The monoisotopic (exact) mass is 326 g/mol. The largest absolute Gasteiger partial charge is 0.454 e. The van der Waals surface area contributed by atoms with Crippen molar-refractivity contribution in [1.29, 1.82) is 0 Å². The molecule has 24 heavy (non-hydrogen) atoms. The Morgan fingerprint density at radius 1 is 1.17 bits per heavy atom. The molecule has 2 aromatic carbocycles. The number of ether oxygens (including phenoxy) is 2. The van der Waals surface area contributed by atoms with Crippen LogP contribution in [0.2, 0.25) is 0 Å². The van der Waals surface area contributed by atoms with E-state index in [1.54, 1.807) is 4.90 Å².